The fourth-order valence-corrected chi connectivity index (χ4v) is 1.41. The number of aromatic nitrogens is 1. The van der Waals surface area contributed by atoms with Gasteiger partial charge in [0, 0.05) is 24.1 Å². The smallest absolute Gasteiger partial charge is 0.101 e. The zero-order valence-corrected chi connectivity index (χ0v) is 7.57. The van der Waals surface area contributed by atoms with Crippen LogP contribution < -0.4 is 0 Å². The Labute approximate surface area is 81.9 Å². The molecule has 69 valence electrons. The summed E-state index contributed by atoms with van der Waals surface area (Å²) in [6.45, 7) is 3.21. The van der Waals surface area contributed by atoms with E-state index in [2.05, 4.69) is 11.9 Å². The minimum absolute atomic E-state index is 0.455. The maximum Gasteiger partial charge on any atom is 0.101 e. The van der Waals surface area contributed by atoms with E-state index in [9.17, 15) is 4.39 Å². The third kappa shape index (κ3) is 1.64. The maximum absolute atomic E-state index is 12.6. The van der Waals surface area contributed by atoms with E-state index in [-0.39, 0.29) is 0 Å². The number of para-hydroxylation sites is 1. The minimum atomic E-state index is -0.455. The van der Waals surface area contributed by atoms with E-state index in [0.717, 1.165) is 16.5 Å². The largest absolute Gasteiger partial charge is 0.256 e. The van der Waals surface area contributed by atoms with Crippen molar-refractivity contribution in [1.82, 2.24) is 4.98 Å². The van der Waals surface area contributed by atoms with Gasteiger partial charge in [0.2, 0.25) is 0 Å². The molecule has 0 unspecified atom stereocenters. The summed E-state index contributed by atoms with van der Waals surface area (Å²) in [5.41, 5.74) is 1.56. The predicted octanol–water partition coefficient (Wildman–Crippen LogP) is 3.38. The zero-order chi connectivity index (χ0) is 9.97. The van der Waals surface area contributed by atoms with Gasteiger partial charge < -0.3 is 0 Å². The summed E-state index contributed by atoms with van der Waals surface area (Å²) in [6.07, 6.45) is 3.08. The number of fused-ring (bicyclic) bond motifs is 1. The Morgan fingerprint density at radius 3 is 2.86 bits per heavy atom. The van der Waals surface area contributed by atoms with Gasteiger partial charge in [0.25, 0.3) is 0 Å². The summed E-state index contributed by atoms with van der Waals surface area (Å²) >= 11 is 0. The van der Waals surface area contributed by atoms with E-state index < -0.39 is 5.83 Å². The second-order valence-corrected chi connectivity index (χ2v) is 3.01. The first-order valence-corrected chi connectivity index (χ1v) is 4.30. The Bertz CT molecular complexity index is 479. The third-order valence-electron chi connectivity index (χ3n) is 1.98. The van der Waals surface area contributed by atoms with E-state index in [1.165, 1.54) is 6.08 Å². The highest BCUT2D eigenvalue weighted by molar-refractivity contribution is 5.87. The molecule has 1 heterocycles. The lowest BCUT2D eigenvalue weighted by atomic mass is 10.1. The van der Waals surface area contributed by atoms with Gasteiger partial charge in [-0.25, -0.2) is 4.39 Å². The highest BCUT2D eigenvalue weighted by Crippen LogP contribution is 2.18. The molecule has 0 saturated heterocycles. The Hall–Kier alpha value is -1.70. The molecule has 2 heteroatoms. The lowest BCUT2D eigenvalue weighted by Crippen LogP contribution is -1.82. The van der Waals surface area contributed by atoms with Crippen LogP contribution in [0.25, 0.3) is 17.0 Å². The number of hydrogen-bond acceptors (Lipinski definition) is 1. The molecule has 0 saturated carbocycles. The van der Waals surface area contributed by atoms with Gasteiger partial charge in [-0.15, -0.1) is 0 Å². The normalized spacial score (nSPS) is 12.0. The molecule has 0 spiro atoms. The lowest BCUT2D eigenvalue weighted by Gasteiger charge is -2.00. The third-order valence-corrected chi connectivity index (χ3v) is 1.98. The highest BCUT2D eigenvalue weighted by atomic mass is 19.1. The number of hydrogen-bond donors (Lipinski definition) is 0. The summed E-state index contributed by atoms with van der Waals surface area (Å²) in [6, 6.07) is 9.44. The molecule has 0 fully saturated rings. The number of benzene rings is 1. The average Bonchev–Trinajstić information content (AvgIpc) is 2.18. The van der Waals surface area contributed by atoms with Crippen molar-refractivity contribution in [3.63, 3.8) is 0 Å². The maximum atomic E-state index is 12.6. The van der Waals surface area contributed by atoms with Crippen molar-refractivity contribution in [3.8, 4) is 0 Å². The van der Waals surface area contributed by atoms with Crippen LogP contribution in [0.1, 0.15) is 5.56 Å². The molecule has 2 aromatic rings. The Kier molecular flexibility index (Phi) is 2.27. The molecular formula is C12H9FN. The topological polar surface area (TPSA) is 12.9 Å². The molecule has 1 aromatic heterocycles. The van der Waals surface area contributed by atoms with Crippen LogP contribution in [-0.2, 0) is 0 Å². The van der Waals surface area contributed by atoms with E-state index in [4.69, 9.17) is 0 Å². The van der Waals surface area contributed by atoms with E-state index in [0.29, 0.717) is 0 Å². The number of nitrogens with zero attached hydrogens (tertiary/aromatic N) is 1. The fraction of sp³-hybridized carbons (Fsp3) is 0. The number of halogens is 1. The van der Waals surface area contributed by atoms with E-state index in [1.807, 2.05) is 30.3 Å². The quantitative estimate of drug-likeness (QED) is 0.665. The Balaban J connectivity index is 2.71. The van der Waals surface area contributed by atoms with Crippen molar-refractivity contribution < 1.29 is 4.39 Å². The predicted molar refractivity (Wildman–Crippen MR) is 56.2 cm³/mol. The lowest BCUT2D eigenvalue weighted by molar-refractivity contribution is 0.673. The van der Waals surface area contributed by atoms with Gasteiger partial charge in [-0.05, 0) is 12.1 Å². The molecule has 2 rings (SSSR count). The van der Waals surface area contributed by atoms with Gasteiger partial charge in [0.1, 0.15) is 5.83 Å². The Morgan fingerprint density at radius 1 is 1.29 bits per heavy atom. The van der Waals surface area contributed by atoms with Gasteiger partial charge in [-0.2, -0.15) is 0 Å². The molecule has 0 aliphatic rings. The van der Waals surface area contributed by atoms with Gasteiger partial charge >= 0.3 is 0 Å². The standard InChI is InChI=1S/C12H9FN/c1-9(13)8-11-5-2-4-10-6-3-7-14-12(10)11/h2-8H,1H2/b9-8-. The monoisotopic (exact) mass is 186 g/mol. The number of pyridine rings is 1. The SMILES string of the molecule is [CH2]/C(F)=C/c1cccc2cccnc12. The van der Waals surface area contributed by atoms with Crippen LogP contribution in [0.2, 0.25) is 0 Å². The van der Waals surface area contributed by atoms with Crippen molar-refractivity contribution in [2.45, 2.75) is 0 Å². The summed E-state index contributed by atoms with van der Waals surface area (Å²) < 4.78 is 12.6. The molecule has 0 N–H and O–H groups in total. The Morgan fingerprint density at radius 2 is 2.07 bits per heavy atom. The molecule has 0 atom stereocenters. The highest BCUT2D eigenvalue weighted by Gasteiger charge is 1.98. The van der Waals surface area contributed by atoms with Crippen LogP contribution in [0, 0.1) is 6.92 Å². The molecule has 0 bridgehead atoms. The first-order chi connectivity index (χ1) is 6.77. The second-order valence-electron chi connectivity index (χ2n) is 3.01. The molecule has 1 nitrogen and oxygen atoms in total. The van der Waals surface area contributed by atoms with Crippen LogP contribution >= 0.6 is 0 Å². The van der Waals surface area contributed by atoms with Crippen LogP contribution in [-0.4, -0.2) is 4.98 Å². The second kappa shape index (κ2) is 3.58. The van der Waals surface area contributed by atoms with Crippen molar-refractivity contribution >= 4 is 17.0 Å². The summed E-state index contributed by atoms with van der Waals surface area (Å²) in [5, 5.41) is 1.00. The van der Waals surface area contributed by atoms with Crippen LogP contribution in [0.3, 0.4) is 0 Å². The molecule has 0 aliphatic carbocycles. The van der Waals surface area contributed by atoms with Gasteiger partial charge in [0.15, 0.2) is 0 Å². The van der Waals surface area contributed by atoms with Crippen molar-refractivity contribution in [2.24, 2.45) is 0 Å². The molecule has 1 aromatic carbocycles. The molecule has 14 heavy (non-hydrogen) atoms. The van der Waals surface area contributed by atoms with E-state index >= 15 is 0 Å². The molecule has 1 radical (unpaired) electrons. The fourth-order valence-electron chi connectivity index (χ4n) is 1.41. The van der Waals surface area contributed by atoms with Gasteiger partial charge in [-0.3, -0.25) is 4.98 Å². The molecule has 0 amide bonds. The van der Waals surface area contributed by atoms with Crippen molar-refractivity contribution in [2.75, 3.05) is 0 Å². The zero-order valence-electron chi connectivity index (χ0n) is 7.57. The molecular weight excluding hydrogens is 177 g/mol. The van der Waals surface area contributed by atoms with Crippen LogP contribution in [0.4, 0.5) is 4.39 Å². The average molecular weight is 186 g/mol. The minimum Gasteiger partial charge on any atom is -0.256 e. The van der Waals surface area contributed by atoms with Gasteiger partial charge in [-0.1, -0.05) is 24.3 Å². The summed E-state index contributed by atoms with van der Waals surface area (Å²) in [4.78, 5) is 4.20. The number of allylic oxidation sites excluding steroid dienone is 1. The van der Waals surface area contributed by atoms with Crippen LogP contribution in [0.15, 0.2) is 42.4 Å². The van der Waals surface area contributed by atoms with Crippen LogP contribution in [0.5, 0.6) is 0 Å². The first-order valence-electron chi connectivity index (χ1n) is 4.30. The van der Waals surface area contributed by atoms with Gasteiger partial charge in [0.05, 0.1) is 5.52 Å². The summed E-state index contributed by atoms with van der Waals surface area (Å²) in [7, 11) is 0. The van der Waals surface area contributed by atoms with Crippen molar-refractivity contribution in [3.05, 3.63) is 54.8 Å². The molecule has 0 aliphatic heterocycles. The van der Waals surface area contributed by atoms with Crippen molar-refractivity contribution in [1.29, 1.82) is 0 Å². The van der Waals surface area contributed by atoms with E-state index in [1.54, 1.807) is 6.20 Å². The first kappa shape index (κ1) is 8.88. The number of rotatable bonds is 1. The summed E-state index contributed by atoms with van der Waals surface area (Å²) in [5.74, 6) is -0.455.